The molecule has 2 bridgehead atoms. The second-order valence-electron chi connectivity index (χ2n) is 8.62. The Hall–Kier alpha value is -2.22. The summed E-state index contributed by atoms with van der Waals surface area (Å²) in [7, 11) is 0. The molecule has 2 aliphatic carbocycles. The Kier molecular flexibility index (Phi) is 3.86. The van der Waals surface area contributed by atoms with Gasteiger partial charge in [-0.15, -0.1) is 0 Å². The number of hydrogen-bond donors (Lipinski definition) is 1. The maximum absolute atomic E-state index is 14.2. The summed E-state index contributed by atoms with van der Waals surface area (Å²) in [6.07, 6.45) is 5.87. The fourth-order valence-corrected chi connectivity index (χ4v) is 5.15. The molecule has 1 unspecified atom stereocenters. The number of hydrogen-bond acceptors (Lipinski definition) is 3. The second-order valence-corrected chi connectivity index (χ2v) is 8.62. The quantitative estimate of drug-likeness (QED) is 0.883. The highest BCUT2D eigenvalue weighted by molar-refractivity contribution is 5.71. The minimum atomic E-state index is -0.441. The third-order valence-corrected chi connectivity index (χ3v) is 6.61. The highest BCUT2D eigenvalue weighted by Crippen LogP contribution is 2.47. The average Bonchev–Trinajstić information content (AvgIpc) is 3.36. The SMILES string of the molecule is N#Cc1ccc(-c2cccc(CN3CC4(N)CC[C@H]3C4)c2C2CC2)cc1F. The van der Waals surface area contributed by atoms with E-state index in [-0.39, 0.29) is 11.1 Å². The van der Waals surface area contributed by atoms with Crippen LogP contribution in [-0.4, -0.2) is 23.0 Å². The van der Waals surface area contributed by atoms with Crippen molar-refractivity contribution in [1.29, 1.82) is 5.26 Å². The summed E-state index contributed by atoms with van der Waals surface area (Å²) in [5.74, 6) is 0.130. The normalized spacial score (nSPS) is 27.1. The van der Waals surface area contributed by atoms with Crippen molar-refractivity contribution in [3.8, 4) is 17.2 Å². The smallest absolute Gasteiger partial charge is 0.141 e. The first kappa shape index (κ1) is 16.9. The molecule has 4 heteroatoms. The lowest BCUT2D eigenvalue weighted by Gasteiger charge is -2.31. The summed E-state index contributed by atoms with van der Waals surface area (Å²) in [6.45, 7) is 1.92. The van der Waals surface area contributed by atoms with E-state index in [2.05, 4.69) is 23.1 Å². The number of piperidine rings is 1. The number of likely N-dealkylation sites (tertiary alicyclic amines) is 1. The molecule has 3 fully saturated rings. The molecule has 0 spiro atoms. The Bertz CT molecular complexity index is 943. The Morgan fingerprint density at radius 2 is 2.07 bits per heavy atom. The van der Waals surface area contributed by atoms with Crippen LogP contribution in [0.25, 0.3) is 11.1 Å². The van der Waals surface area contributed by atoms with E-state index in [0.29, 0.717) is 12.0 Å². The van der Waals surface area contributed by atoms with Gasteiger partial charge in [0, 0.05) is 24.7 Å². The van der Waals surface area contributed by atoms with Gasteiger partial charge < -0.3 is 5.73 Å². The van der Waals surface area contributed by atoms with Crippen LogP contribution in [0.3, 0.4) is 0 Å². The molecular formula is C23H24FN3. The topological polar surface area (TPSA) is 53.0 Å². The molecule has 27 heavy (non-hydrogen) atoms. The number of halogens is 1. The van der Waals surface area contributed by atoms with Crippen molar-refractivity contribution >= 4 is 0 Å². The summed E-state index contributed by atoms with van der Waals surface area (Å²) < 4.78 is 14.2. The maximum atomic E-state index is 14.2. The molecule has 2 saturated carbocycles. The standard InChI is InChI=1S/C23H24FN3/c24-21-10-16(6-7-17(21)12-25)20-3-1-2-18(22(20)15-4-5-15)13-27-14-23(26)9-8-19(27)11-23/h1-3,6-7,10,15,19H,4-5,8-9,11,13-14,26H2/t19-,23?/m0/s1. The van der Waals surface area contributed by atoms with Crippen molar-refractivity contribution in [3.05, 3.63) is 58.9 Å². The van der Waals surface area contributed by atoms with Crippen LogP contribution >= 0.6 is 0 Å². The highest BCUT2D eigenvalue weighted by Gasteiger charge is 2.46. The van der Waals surface area contributed by atoms with Gasteiger partial charge in [0.1, 0.15) is 11.9 Å². The van der Waals surface area contributed by atoms with Gasteiger partial charge in [-0.1, -0.05) is 24.3 Å². The fraction of sp³-hybridized carbons (Fsp3) is 0.435. The predicted molar refractivity (Wildman–Crippen MR) is 103 cm³/mol. The molecule has 2 aromatic rings. The van der Waals surface area contributed by atoms with Crippen LogP contribution < -0.4 is 5.73 Å². The molecule has 1 aliphatic heterocycles. The summed E-state index contributed by atoms with van der Waals surface area (Å²) in [5, 5.41) is 9.00. The van der Waals surface area contributed by atoms with Crippen LogP contribution in [-0.2, 0) is 6.54 Å². The number of nitrogens with two attached hydrogens (primary N) is 1. The molecule has 0 radical (unpaired) electrons. The number of fused-ring (bicyclic) bond motifs is 2. The van der Waals surface area contributed by atoms with Gasteiger partial charge in [-0.3, -0.25) is 4.90 Å². The van der Waals surface area contributed by atoms with Crippen molar-refractivity contribution in [2.45, 2.75) is 56.1 Å². The minimum Gasteiger partial charge on any atom is -0.324 e. The fourth-order valence-electron chi connectivity index (χ4n) is 5.15. The zero-order valence-electron chi connectivity index (χ0n) is 15.4. The van der Waals surface area contributed by atoms with E-state index in [1.165, 1.54) is 36.5 Å². The molecule has 3 nitrogen and oxygen atoms in total. The van der Waals surface area contributed by atoms with Crippen molar-refractivity contribution in [3.63, 3.8) is 0 Å². The monoisotopic (exact) mass is 361 g/mol. The number of benzene rings is 2. The first-order valence-electron chi connectivity index (χ1n) is 9.91. The van der Waals surface area contributed by atoms with E-state index < -0.39 is 5.82 Å². The molecule has 0 amide bonds. The van der Waals surface area contributed by atoms with Crippen LogP contribution in [0.4, 0.5) is 4.39 Å². The molecule has 1 saturated heterocycles. The lowest BCUT2D eigenvalue weighted by Crippen LogP contribution is -2.44. The van der Waals surface area contributed by atoms with Gasteiger partial charge >= 0.3 is 0 Å². The van der Waals surface area contributed by atoms with Crippen LogP contribution in [0, 0.1) is 17.1 Å². The average molecular weight is 361 g/mol. The van der Waals surface area contributed by atoms with E-state index >= 15 is 0 Å². The summed E-state index contributed by atoms with van der Waals surface area (Å²) in [4.78, 5) is 2.55. The molecule has 0 aromatic heterocycles. The van der Waals surface area contributed by atoms with Gasteiger partial charge in [-0.2, -0.15) is 5.26 Å². The Morgan fingerprint density at radius 1 is 1.22 bits per heavy atom. The van der Waals surface area contributed by atoms with E-state index in [1.807, 2.05) is 12.1 Å². The molecule has 3 aliphatic rings. The van der Waals surface area contributed by atoms with Crippen LogP contribution in [0.5, 0.6) is 0 Å². The van der Waals surface area contributed by atoms with Crippen LogP contribution in [0.15, 0.2) is 36.4 Å². The van der Waals surface area contributed by atoms with Crippen molar-refractivity contribution < 1.29 is 4.39 Å². The lowest BCUT2D eigenvalue weighted by atomic mass is 9.91. The number of rotatable bonds is 4. The van der Waals surface area contributed by atoms with Gasteiger partial charge in [0.15, 0.2) is 0 Å². The van der Waals surface area contributed by atoms with Gasteiger partial charge in [-0.05, 0) is 72.4 Å². The number of nitriles is 1. The van der Waals surface area contributed by atoms with Gasteiger partial charge in [0.05, 0.1) is 5.56 Å². The Morgan fingerprint density at radius 3 is 2.70 bits per heavy atom. The summed E-state index contributed by atoms with van der Waals surface area (Å²) >= 11 is 0. The molecule has 2 aromatic carbocycles. The minimum absolute atomic E-state index is 0.0122. The predicted octanol–water partition coefficient (Wildman–Crippen LogP) is 4.31. The maximum Gasteiger partial charge on any atom is 0.141 e. The van der Waals surface area contributed by atoms with Gasteiger partial charge in [-0.25, -0.2) is 4.39 Å². The molecule has 2 atom stereocenters. The Balaban J connectivity index is 1.51. The third-order valence-electron chi connectivity index (χ3n) is 6.61. The van der Waals surface area contributed by atoms with E-state index in [9.17, 15) is 4.39 Å². The highest BCUT2D eigenvalue weighted by atomic mass is 19.1. The Labute approximate surface area is 159 Å². The summed E-state index contributed by atoms with van der Waals surface area (Å²) in [5.41, 5.74) is 11.3. The molecule has 138 valence electrons. The van der Waals surface area contributed by atoms with Crippen molar-refractivity contribution in [2.24, 2.45) is 5.73 Å². The zero-order valence-corrected chi connectivity index (χ0v) is 15.4. The zero-order chi connectivity index (χ0) is 18.6. The first-order chi connectivity index (χ1) is 13.1. The van der Waals surface area contributed by atoms with E-state index in [1.54, 1.807) is 6.07 Å². The van der Waals surface area contributed by atoms with E-state index in [0.717, 1.165) is 37.1 Å². The van der Waals surface area contributed by atoms with Crippen molar-refractivity contribution in [1.82, 2.24) is 4.90 Å². The molecular weight excluding hydrogens is 337 g/mol. The molecule has 1 heterocycles. The van der Waals surface area contributed by atoms with E-state index in [4.69, 9.17) is 11.0 Å². The van der Waals surface area contributed by atoms with Crippen molar-refractivity contribution in [2.75, 3.05) is 6.54 Å². The largest absolute Gasteiger partial charge is 0.324 e. The molecule has 2 N–H and O–H groups in total. The first-order valence-corrected chi connectivity index (χ1v) is 9.91. The number of nitrogens with zero attached hydrogens (tertiary/aromatic N) is 2. The second kappa shape index (κ2) is 6.15. The van der Waals surface area contributed by atoms with Gasteiger partial charge in [0.25, 0.3) is 0 Å². The van der Waals surface area contributed by atoms with Crippen LogP contribution in [0.1, 0.15) is 54.7 Å². The lowest BCUT2D eigenvalue weighted by molar-refractivity contribution is 0.195. The van der Waals surface area contributed by atoms with Crippen LogP contribution in [0.2, 0.25) is 0 Å². The molecule has 5 rings (SSSR count). The summed E-state index contributed by atoms with van der Waals surface area (Å²) in [6, 6.07) is 13.9. The third kappa shape index (κ3) is 2.96. The van der Waals surface area contributed by atoms with Gasteiger partial charge in [0.2, 0.25) is 0 Å².